The fraction of sp³-hybridized carbons (Fsp3) is 0.125. The molecule has 0 bridgehead atoms. The number of fused-ring (bicyclic) bond motifs is 10. The molecule has 3 aromatic carbocycles. The second kappa shape index (κ2) is 6.25. The number of anilines is 3. The SMILES string of the molecule is c1ccc2c(c1)Cc1cc3c(cc1-2)-c1cc2c(cc1C3)N1c3ncccc3Cc3nccc(c31)C2. The van der Waals surface area contributed by atoms with Crippen molar-refractivity contribution < 1.29 is 0 Å². The zero-order valence-electron chi connectivity index (χ0n) is 19.2. The molecular formula is C32H21N3. The van der Waals surface area contributed by atoms with Gasteiger partial charge < -0.3 is 0 Å². The quantitative estimate of drug-likeness (QED) is 0.253. The van der Waals surface area contributed by atoms with E-state index in [0.717, 1.165) is 37.2 Å². The van der Waals surface area contributed by atoms with Gasteiger partial charge in [-0.05, 0) is 98.8 Å². The third-order valence-corrected chi connectivity index (χ3v) is 8.36. The van der Waals surface area contributed by atoms with E-state index in [2.05, 4.69) is 65.6 Å². The van der Waals surface area contributed by atoms with E-state index >= 15 is 0 Å². The first-order valence-corrected chi connectivity index (χ1v) is 12.4. The maximum atomic E-state index is 4.84. The van der Waals surface area contributed by atoms with Crippen LogP contribution < -0.4 is 4.90 Å². The molecule has 2 aliphatic heterocycles. The molecule has 164 valence electrons. The fourth-order valence-electron chi connectivity index (χ4n) is 6.84. The van der Waals surface area contributed by atoms with Gasteiger partial charge in [0.1, 0.15) is 5.82 Å². The summed E-state index contributed by atoms with van der Waals surface area (Å²) in [6.45, 7) is 0. The first kappa shape index (κ1) is 18.1. The number of rotatable bonds is 0. The van der Waals surface area contributed by atoms with Gasteiger partial charge in [-0.2, -0.15) is 0 Å². The van der Waals surface area contributed by atoms with Crippen molar-refractivity contribution in [2.75, 3.05) is 4.90 Å². The number of nitrogens with zero attached hydrogens (tertiary/aromatic N) is 3. The zero-order valence-corrected chi connectivity index (χ0v) is 19.2. The Balaban J connectivity index is 1.25. The Hall–Kier alpha value is -4.24. The van der Waals surface area contributed by atoms with Crippen molar-refractivity contribution in [2.24, 2.45) is 0 Å². The minimum atomic E-state index is 0.849. The van der Waals surface area contributed by atoms with E-state index in [1.165, 1.54) is 72.6 Å². The lowest BCUT2D eigenvalue weighted by Crippen LogP contribution is -2.26. The molecule has 2 aliphatic carbocycles. The lowest BCUT2D eigenvalue weighted by molar-refractivity contribution is 0.938. The van der Waals surface area contributed by atoms with Gasteiger partial charge in [-0.15, -0.1) is 0 Å². The summed E-state index contributed by atoms with van der Waals surface area (Å²) in [7, 11) is 0. The van der Waals surface area contributed by atoms with Crippen LogP contribution in [0, 0.1) is 0 Å². The van der Waals surface area contributed by atoms with Crippen LogP contribution in [0.25, 0.3) is 22.3 Å². The molecular weight excluding hydrogens is 426 g/mol. The molecule has 35 heavy (non-hydrogen) atoms. The van der Waals surface area contributed by atoms with E-state index in [1.54, 1.807) is 0 Å². The van der Waals surface area contributed by atoms with Gasteiger partial charge in [0.05, 0.1) is 17.1 Å². The Labute approximate surface area is 203 Å². The minimum Gasteiger partial charge on any atom is -0.292 e. The molecule has 0 atom stereocenters. The summed E-state index contributed by atoms with van der Waals surface area (Å²) >= 11 is 0. The number of hydrogen-bond donors (Lipinski definition) is 0. The largest absolute Gasteiger partial charge is 0.292 e. The zero-order chi connectivity index (χ0) is 22.7. The summed E-state index contributed by atoms with van der Waals surface area (Å²) in [5.41, 5.74) is 19.1. The summed E-state index contributed by atoms with van der Waals surface area (Å²) in [4.78, 5) is 12.0. The average molecular weight is 448 g/mol. The summed E-state index contributed by atoms with van der Waals surface area (Å²) in [6.07, 6.45) is 7.72. The lowest BCUT2D eigenvalue weighted by Gasteiger charge is -2.38. The molecule has 4 aliphatic rings. The maximum Gasteiger partial charge on any atom is 0.141 e. The molecule has 5 aromatic rings. The third-order valence-electron chi connectivity index (χ3n) is 8.36. The van der Waals surface area contributed by atoms with Crippen molar-refractivity contribution in [2.45, 2.75) is 25.7 Å². The summed E-state index contributed by atoms with van der Waals surface area (Å²) in [6, 6.07) is 25.1. The van der Waals surface area contributed by atoms with Gasteiger partial charge in [-0.25, -0.2) is 4.98 Å². The van der Waals surface area contributed by atoms with Crippen molar-refractivity contribution in [3.05, 3.63) is 124 Å². The molecule has 3 nitrogen and oxygen atoms in total. The van der Waals surface area contributed by atoms with Gasteiger partial charge in [0.15, 0.2) is 0 Å². The number of benzene rings is 3. The predicted molar refractivity (Wildman–Crippen MR) is 139 cm³/mol. The second-order valence-electron chi connectivity index (χ2n) is 10.3. The molecule has 3 heteroatoms. The smallest absolute Gasteiger partial charge is 0.141 e. The molecule has 0 unspecified atom stereocenters. The van der Waals surface area contributed by atoms with E-state index in [-0.39, 0.29) is 0 Å². The highest BCUT2D eigenvalue weighted by atomic mass is 15.2. The molecule has 0 spiro atoms. The van der Waals surface area contributed by atoms with Gasteiger partial charge in [0, 0.05) is 30.8 Å². The maximum absolute atomic E-state index is 4.84. The van der Waals surface area contributed by atoms with E-state index in [1.807, 2.05) is 18.5 Å². The Morgan fingerprint density at radius 2 is 1.29 bits per heavy atom. The van der Waals surface area contributed by atoms with Gasteiger partial charge >= 0.3 is 0 Å². The Morgan fingerprint density at radius 3 is 2.26 bits per heavy atom. The van der Waals surface area contributed by atoms with Crippen LogP contribution >= 0.6 is 0 Å². The van der Waals surface area contributed by atoms with Crippen LogP contribution in [0.4, 0.5) is 17.2 Å². The molecule has 0 N–H and O–H groups in total. The first-order valence-electron chi connectivity index (χ1n) is 12.4. The van der Waals surface area contributed by atoms with Crippen molar-refractivity contribution in [3.63, 3.8) is 0 Å². The monoisotopic (exact) mass is 447 g/mol. The third kappa shape index (κ3) is 2.30. The van der Waals surface area contributed by atoms with Gasteiger partial charge in [-0.1, -0.05) is 36.4 Å². The van der Waals surface area contributed by atoms with E-state index < -0.39 is 0 Å². The number of hydrogen-bond acceptors (Lipinski definition) is 3. The highest BCUT2D eigenvalue weighted by Crippen LogP contribution is 2.52. The molecule has 9 rings (SSSR count). The summed E-state index contributed by atoms with van der Waals surface area (Å²) < 4.78 is 0. The summed E-state index contributed by atoms with van der Waals surface area (Å²) in [5, 5.41) is 0. The van der Waals surface area contributed by atoms with Crippen LogP contribution in [0.5, 0.6) is 0 Å². The molecule has 0 fully saturated rings. The van der Waals surface area contributed by atoms with Crippen LogP contribution in [0.1, 0.15) is 44.6 Å². The number of aromatic nitrogens is 2. The molecule has 4 heterocycles. The van der Waals surface area contributed by atoms with E-state index in [4.69, 9.17) is 9.97 Å². The molecule has 0 amide bonds. The Kier molecular flexibility index (Phi) is 3.24. The van der Waals surface area contributed by atoms with Crippen molar-refractivity contribution >= 4 is 17.2 Å². The van der Waals surface area contributed by atoms with Crippen molar-refractivity contribution in [1.82, 2.24) is 9.97 Å². The highest BCUT2D eigenvalue weighted by Gasteiger charge is 2.35. The van der Waals surface area contributed by atoms with Gasteiger partial charge in [-0.3, -0.25) is 9.88 Å². The molecule has 2 aromatic heterocycles. The lowest BCUT2D eigenvalue weighted by atomic mass is 9.88. The van der Waals surface area contributed by atoms with Gasteiger partial charge in [0.25, 0.3) is 0 Å². The van der Waals surface area contributed by atoms with Crippen LogP contribution in [0.2, 0.25) is 0 Å². The molecule has 0 saturated carbocycles. The molecule has 0 saturated heterocycles. The number of pyridine rings is 2. The Morgan fingerprint density at radius 1 is 0.514 bits per heavy atom. The fourth-order valence-corrected chi connectivity index (χ4v) is 6.84. The van der Waals surface area contributed by atoms with Crippen molar-refractivity contribution in [3.8, 4) is 22.3 Å². The minimum absolute atomic E-state index is 0.849. The topological polar surface area (TPSA) is 29.0 Å². The standard InChI is InChI=1S/C32H21N3/c1-2-6-25-18(4-1)10-21-12-22-13-23-16-30-24(14-26(23)28(22)17-27(21)25)11-19-7-9-33-29-15-20-5-3-8-34-32(20)35(30)31(19)29/h1-9,12,14,16-17H,10-11,13,15H2. The predicted octanol–water partition coefficient (Wildman–Crippen LogP) is 6.90. The second-order valence-corrected chi connectivity index (χ2v) is 10.3. The van der Waals surface area contributed by atoms with Crippen molar-refractivity contribution in [1.29, 1.82) is 0 Å². The normalized spacial score (nSPS) is 14.9. The van der Waals surface area contributed by atoms with Crippen LogP contribution in [0.15, 0.2) is 79.1 Å². The average Bonchev–Trinajstić information content (AvgIpc) is 3.42. The first-order chi connectivity index (χ1) is 17.3. The van der Waals surface area contributed by atoms with Crippen LogP contribution in [-0.4, -0.2) is 9.97 Å². The van der Waals surface area contributed by atoms with Gasteiger partial charge in [0.2, 0.25) is 0 Å². The molecule has 0 radical (unpaired) electrons. The van der Waals surface area contributed by atoms with E-state index in [0.29, 0.717) is 0 Å². The Bertz CT molecular complexity index is 1760. The summed E-state index contributed by atoms with van der Waals surface area (Å²) in [5.74, 6) is 1.06. The van der Waals surface area contributed by atoms with E-state index in [9.17, 15) is 0 Å². The van der Waals surface area contributed by atoms with Crippen LogP contribution in [0.3, 0.4) is 0 Å². The highest BCUT2D eigenvalue weighted by molar-refractivity contribution is 5.92. The van der Waals surface area contributed by atoms with Crippen LogP contribution in [-0.2, 0) is 25.7 Å².